The molecule has 20 heavy (non-hydrogen) atoms. The molecule has 4 heteroatoms. The van der Waals surface area contributed by atoms with E-state index in [1.54, 1.807) is 4.90 Å². The molecule has 4 nitrogen and oxygen atoms in total. The Hall–Kier alpha value is -1.84. The van der Waals surface area contributed by atoms with Gasteiger partial charge in [0.2, 0.25) is 11.8 Å². The van der Waals surface area contributed by atoms with Crippen LogP contribution in [0.25, 0.3) is 0 Å². The minimum absolute atomic E-state index is 0.00340. The molecule has 0 fully saturated rings. The Kier molecular flexibility index (Phi) is 7.40. The van der Waals surface area contributed by atoms with Crippen LogP contribution < -0.4 is 5.32 Å². The topological polar surface area (TPSA) is 49.4 Å². The van der Waals surface area contributed by atoms with Crippen LogP contribution in [0.3, 0.4) is 0 Å². The monoisotopic (exact) mass is 276 g/mol. The van der Waals surface area contributed by atoms with Crippen molar-refractivity contribution in [1.82, 2.24) is 10.2 Å². The fourth-order valence-electron chi connectivity index (χ4n) is 1.98. The standard InChI is InChI=1S/C16H24N2O2/c1-14(19)17-12-8-4-7-11-16(20)18(2)13-15-9-5-3-6-10-15/h3,5-6,9-10H,4,7-8,11-13H2,1-2H3,(H,17,19). The smallest absolute Gasteiger partial charge is 0.222 e. The normalized spacial score (nSPS) is 10.1. The third-order valence-electron chi connectivity index (χ3n) is 3.13. The number of benzene rings is 1. The van der Waals surface area contributed by atoms with E-state index in [4.69, 9.17) is 0 Å². The van der Waals surface area contributed by atoms with Crippen LogP contribution in [0.1, 0.15) is 38.2 Å². The molecule has 0 saturated heterocycles. The molecule has 0 radical (unpaired) electrons. The number of nitrogens with zero attached hydrogens (tertiary/aromatic N) is 1. The van der Waals surface area contributed by atoms with Gasteiger partial charge in [-0.2, -0.15) is 0 Å². The maximum atomic E-state index is 11.9. The second-order valence-corrected chi connectivity index (χ2v) is 5.03. The lowest BCUT2D eigenvalue weighted by Gasteiger charge is -2.17. The van der Waals surface area contributed by atoms with Gasteiger partial charge in [-0.05, 0) is 18.4 Å². The summed E-state index contributed by atoms with van der Waals surface area (Å²) in [5, 5.41) is 2.75. The quantitative estimate of drug-likeness (QED) is 0.741. The molecular formula is C16H24N2O2. The molecule has 0 atom stereocenters. The third-order valence-corrected chi connectivity index (χ3v) is 3.13. The Morgan fingerprint density at radius 3 is 2.45 bits per heavy atom. The zero-order valence-electron chi connectivity index (χ0n) is 12.4. The molecule has 0 bridgehead atoms. The van der Waals surface area contributed by atoms with Crippen LogP contribution >= 0.6 is 0 Å². The van der Waals surface area contributed by atoms with Crippen molar-refractivity contribution in [2.75, 3.05) is 13.6 Å². The van der Waals surface area contributed by atoms with E-state index in [1.807, 2.05) is 37.4 Å². The van der Waals surface area contributed by atoms with Gasteiger partial charge in [-0.1, -0.05) is 36.8 Å². The van der Waals surface area contributed by atoms with E-state index < -0.39 is 0 Å². The number of unbranched alkanes of at least 4 members (excludes halogenated alkanes) is 2. The van der Waals surface area contributed by atoms with E-state index in [2.05, 4.69) is 5.32 Å². The molecule has 0 heterocycles. The molecule has 1 rings (SSSR count). The second-order valence-electron chi connectivity index (χ2n) is 5.03. The lowest BCUT2D eigenvalue weighted by atomic mass is 10.1. The number of hydrogen-bond donors (Lipinski definition) is 1. The molecule has 2 amide bonds. The summed E-state index contributed by atoms with van der Waals surface area (Å²) < 4.78 is 0. The van der Waals surface area contributed by atoms with Gasteiger partial charge in [-0.15, -0.1) is 0 Å². The number of rotatable bonds is 8. The lowest BCUT2D eigenvalue weighted by Crippen LogP contribution is -2.26. The van der Waals surface area contributed by atoms with Crippen molar-refractivity contribution in [3.63, 3.8) is 0 Å². The summed E-state index contributed by atoms with van der Waals surface area (Å²) >= 11 is 0. The minimum Gasteiger partial charge on any atom is -0.356 e. The van der Waals surface area contributed by atoms with Gasteiger partial charge in [0.25, 0.3) is 0 Å². The van der Waals surface area contributed by atoms with E-state index in [1.165, 1.54) is 6.92 Å². The zero-order valence-corrected chi connectivity index (χ0v) is 12.4. The average Bonchev–Trinajstić information content (AvgIpc) is 2.43. The summed E-state index contributed by atoms with van der Waals surface area (Å²) in [5.74, 6) is 0.178. The highest BCUT2D eigenvalue weighted by Crippen LogP contribution is 2.06. The van der Waals surface area contributed by atoms with Gasteiger partial charge >= 0.3 is 0 Å². The van der Waals surface area contributed by atoms with Crippen molar-refractivity contribution in [3.05, 3.63) is 35.9 Å². The van der Waals surface area contributed by atoms with Crippen molar-refractivity contribution in [3.8, 4) is 0 Å². The highest BCUT2D eigenvalue weighted by Gasteiger charge is 2.08. The number of carbonyl (C=O) groups excluding carboxylic acids is 2. The zero-order chi connectivity index (χ0) is 14.8. The van der Waals surface area contributed by atoms with E-state index >= 15 is 0 Å². The first-order valence-corrected chi connectivity index (χ1v) is 7.12. The molecular weight excluding hydrogens is 252 g/mol. The molecule has 0 unspecified atom stereocenters. The Morgan fingerprint density at radius 2 is 1.80 bits per heavy atom. The first kappa shape index (κ1) is 16.2. The van der Waals surface area contributed by atoms with Crippen LogP contribution in [0, 0.1) is 0 Å². The van der Waals surface area contributed by atoms with Crippen LogP contribution in [-0.4, -0.2) is 30.3 Å². The molecule has 1 aromatic carbocycles. The lowest BCUT2D eigenvalue weighted by molar-refractivity contribution is -0.130. The maximum Gasteiger partial charge on any atom is 0.222 e. The van der Waals surface area contributed by atoms with Crippen LogP contribution in [0.4, 0.5) is 0 Å². The first-order valence-electron chi connectivity index (χ1n) is 7.12. The molecule has 0 aliphatic carbocycles. The Balaban J connectivity index is 2.14. The summed E-state index contributed by atoms with van der Waals surface area (Å²) in [6, 6.07) is 9.99. The summed E-state index contributed by atoms with van der Waals surface area (Å²) in [4.78, 5) is 24.4. The summed E-state index contributed by atoms with van der Waals surface area (Å²) in [6.45, 7) is 2.87. The van der Waals surface area contributed by atoms with Crippen LogP contribution in [0.2, 0.25) is 0 Å². The van der Waals surface area contributed by atoms with Crippen molar-refractivity contribution < 1.29 is 9.59 Å². The molecule has 110 valence electrons. The highest BCUT2D eigenvalue weighted by atomic mass is 16.2. The van der Waals surface area contributed by atoms with Gasteiger partial charge in [-0.3, -0.25) is 9.59 Å². The fourth-order valence-corrected chi connectivity index (χ4v) is 1.98. The first-order chi connectivity index (χ1) is 9.59. The van der Waals surface area contributed by atoms with Crippen molar-refractivity contribution >= 4 is 11.8 Å². The number of nitrogens with one attached hydrogen (secondary N) is 1. The largest absolute Gasteiger partial charge is 0.356 e. The number of hydrogen-bond acceptors (Lipinski definition) is 2. The van der Waals surface area contributed by atoms with E-state index in [0.29, 0.717) is 19.5 Å². The van der Waals surface area contributed by atoms with Gasteiger partial charge < -0.3 is 10.2 Å². The molecule has 0 aliphatic rings. The predicted molar refractivity (Wildman–Crippen MR) is 80.1 cm³/mol. The van der Waals surface area contributed by atoms with Crippen molar-refractivity contribution in [2.45, 2.75) is 39.2 Å². The van der Waals surface area contributed by atoms with Gasteiger partial charge in [-0.25, -0.2) is 0 Å². The van der Waals surface area contributed by atoms with Crippen LogP contribution in [0.5, 0.6) is 0 Å². The van der Waals surface area contributed by atoms with E-state index in [-0.39, 0.29) is 11.8 Å². The number of carbonyl (C=O) groups is 2. The summed E-state index contributed by atoms with van der Waals surface area (Å²) in [7, 11) is 1.84. The molecule has 0 aromatic heterocycles. The van der Waals surface area contributed by atoms with Gasteiger partial charge in [0, 0.05) is 33.5 Å². The number of amides is 2. The average molecular weight is 276 g/mol. The highest BCUT2D eigenvalue weighted by molar-refractivity contribution is 5.75. The summed E-state index contributed by atoms with van der Waals surface area (Å²) in [5.41, 5.74) is 1.15. The molecule has 1 aromatic rings. The molecule has 1 N–H and O–H groups in total. The molecule has 0 aliphatic heterocycles. The minimum atomic E-state index is 0.00340. The molecule has 0 saturated carbocycles. The predicted octanol–water partition coefficient (Wildman–Crippen LogP) is 2.34. The SMILES string of the molecule is CC(=O)NCCCCCC(=O)N(C)Cc1ccccc1. The summed E-state index contributed by atoms with van der Waals surface area (Å²) in [6.07, 6.45) is 3.33. The Bertz CT molecular complexity index is 418. The van der Waals surface area contributed by atoms with Crippen molar-refractivity contribution in [2.24, 2.45) is 0 Å². The van der Waals surface area contributed by atoms with Gasteiger partial charge in [0.15, 0.2) is 0 Å². The molecule has 0 spiro atoms. The Morgan fingerprint density at radius 1 is 1.10 bits per heavy atom. The van der Waals surface area contributed by atoms with Gasteiger partial charge in [0.1, 0.15) is 0 Å². The maximum absolute atomic E-state index is 11.9. The van der Waals surface area contributed by atoms with Crippen molar-refractivity contribution in [1.29, 1.82) is 0 Å². The fraction of sp³-hybridized carbons (Fsp3) is 0.500. The van der Waals surface area contributed by atoms with E-state index in [9.17, 15) is 9.59 Å². The van der Waals surface area contributed by atoms with Crippen LogP contribution in [0.15, 0.2) is 30.3 Å². The van der Waals surface area contributed by atoms with Crippen LogP contribution in [-0.2, 0) is 16.1 Å². The Labute approximate surface area is 121 Å². The second kappa shape index (κ2) is 9.13. The third kappa shape index (κ3) is 6.92. The van der Waals surface area contributed by atoms with E-state index in [0.717, 1.165) is 24.8 Å². The van der Waals surface area contributed by atoms with Gasteiger partial charge in [0.05, 0.1) is 0 Å².